The quantitative estimate of drug-likeness (QED) is 0.553. The highest BCUT2D eigenvalue weighted by Crippen LogP contribution is 2.30. The molecule has 1 fully saturated rings. The second-order valence-electron chi connectivity index (χ2n) is 9.71. The zero-order valence-electron chi connectivity index (χ0n) is 20.7. The van der Waals surface area contributed by atoms with E-state index in [-0.39, 0.29) is 22.7 Å². The van der Waals surface area contributed by atoms with Crippen LogP contribution in [0.2, 0.25) is 0 Å². The molecular weight excluding hydrogens is 463 g/mol. The Morgan fingerprint density at radius 3 is 2.58 bits per heavy atom. The molecule has 36 heavy (non-hydrogen) atoms. The number of hydrogen-bond acceptors (Lipinski definition) is 6. The Balaban J connectivity index is 1.52. The van der Waals surface area contributed by atoms with Crippen LogP contribution in [-0.4, -0.2) is 36.8 Å². The van der Waals surface area contributed by atoms with Crippen molar-refractivity contribution < 1.29 is 13.9 Å². The SMILES string of the molecule is Cc1ncnc(C)c1NC(=O)c1cc(F)c(-n2nc3n(c2=O)CCCC3)cc1OCC1CCCCC1. The molecule has 0 radical (unpaired) electrons. The van der Waals surface area contributed by atoms with Crippen molar-refractivity contribution in [3.63, 3.8) is 0 Å². The summed E-state index contributed by atoms with van der Waals surface area (Å²) in [6.07, 6.45) is 9.56. The van der Waals surface area contributed by atoms with Gasteiger partial charge < -0.3 is 10.1 Å². The second-order valence-corrected chi connectivity index (χ2v) is 9.71. The predicted octanol–water partition coefficient (Wildman–Crippen LogP) is 4.13. The number of anilines is 1. The van der Waals surface area contributed by atoms with E-state index >= 15 is 4.39 Å². The molecule has 10 heteroatoms. The Morgan fingerprint density at radius 2 is 1.86 bits per heavy atom. The maximum atomic E-state index is 15.4. The van der Waals surface area contributed by atoms with E-state index in [1.807, 2.05) is 0 Å². The fourth-order valence-electron chi connectivity index (χ4n) is 5.07. The fourth-order valence-corrected chi connectivity index (χ4v) is 5.07. The van der Waals surface area contributed by atoms with Crippen molar-refractivity contribution in [2.24, 2.45) is 5.92 Å². The molecule has 1 aliphatic heterocycles. The summed E-state index contributed by atoms with van der Waals surface area (Å²) in [4.78, 5) is 34.6. The topological polar surface area (TPSA) is 104 Å². The van der Waals surface area contributed by atoms with Gasteiger partial charge in [-0.05, 0) is 51.5 Å². The summed E-state index contributed by atoms with van der Waals surface area (Å²) in [7, 11) is 0. The van der Waals surface area contributed by atoms with Crippen LogP contribution in [0.5, 0.6) is 5.75 Å². The van der Waals surface area contributed by atoms with Crippen LogP contribution in [-0.2, 0) is 13.0 Å². The molecule has 190 valence electrons. The molecule has 1 amide bonds. The van der Waals surface area contributed by atoms with Gasteiger partial charge in [0.25, 0.3) is 5.91 Å². The van der Waals surface area contributed by atoms with Gasteiger partial charge in [0.05, 0.1) is 29.2 Å². The first kappa shape index (κ1) is 24.1. The molecule has 9 nitrogen and oxygen atoms in total. The molecular formula is C26H31FN6O3. The molecule has 3 heterocycles. The zero-order chi connectivity index (χ0) is 25.2. The summed E-state index contributed by atoms with van der Waals surface area (Å²) in [5.41, 5.74) is 1.33. The van der Waals surface area contributed by atoms with Gasteiger partial charge in [-0.2, -0.15) is 4.68 Å². The second kappa shape index (κ2) is 10.2. The monoisotopic (exact) mass is 494 g/mol. The normalized spacial score (nSPS) is 16.0. The third-order valence-corrected chi connectivity index (χ3v) is 7.16. The summed E-state index contributed by atoms with van der Waals surface area (Å²) < 4.78 is 24.3. The molecule has 1 N–H and O–H groups in total. The average molecular weight is 495 g/mol. The number of hydrogen-bond donors (Lipinski definition) is 1. The third kappa shape index (κ3) is 4.76. The number of rotatable bonds is 6. The van der Waals surface area contributed by atoms with E-state index in [4.69, 9.17) is 4.74 Å². The molecule has 2 aromatic heterocycles. The van der Waals surface area contributed by atoms with Crippen LogP contribution in [0.1, 0.15) is 72.5 Å². The highest BCUT2D eigenvalue weighted by Gasteiger charge is 2.25. The first-order valence-corrected chi connectivity index (χ1v) is 12.7. The number of aromatic nitrogens is 5. The van der Waals surface area contributed by atoms with Gasteiger partial charge in [0.2, 0.25) is 0 Å². The molecule has 5 rings (SSSR count). The van der Waals surface area contributed by atoms with Crippen molar-refractivity contribution >= 4 is 11.6 Å². The molecule has 2 aliphatic rings. The number of carbonyl (C=O) groups excluding carboxylic acids is 1. The van der Waals surface area contributed by atoms with E-state index in [0.717, 1.165) is 49.3 Å². The Hall–Kier alpha value is -3.56. The van der Waals surface area contributed by atoms with E-state index in [0.29, 0.717) is 48.4 Å². The Labute approximate surface area is 208 Å². The number of benzene rings is 1. The number of nitrogens with one attached hydrogen (secondary N) is 1. The number of ether oxygens (including phenoxy) is 1. The molecule has 0 spiro atoms. The van der Waals surface area contributed by atoms with Crippen molar-refractivity contribution in [3.05, 3.63) is 57.5 Å². The third-order valence-electron chi connectivity index (χ3n) is 7.16. The average Bonchev–Trinajstić information content (AvgIpc) is 3.22. The summed E-state index contributed by atoms with van der Waals surface area (Å²) in [6, 6.07) is 2.55. The first-order chi connectivity index (χ1) is 17.4. The van der Waals surface area contributed by atoms with Gasteiger partial charge in [0.15, 0.2) is 0 Å². The zero-order valence-corrected chi connectivity index (χ0v) is 20.7. The molecule has 1 aromatic carbocycles. The molecule has 0 saturated heterocycles. The lowest BCUT2D eigenvalue weighted by atomic mass is 9.90. The molecule has 3 aromatic rings. The highest BCUT2D eigenvalue weighted by atomic mass is 19.1. The number of aryl methyl sites for hydroxylation is 3. The van der Waals surface area contributed by atoms with Crippen molar-refractivity contribution in [1.29, 1.82) is 0 Å². The molecule has 1 aliphatic carbocycles. The van der Waals surface area contributed by atoms with E-state index in [2.05, 4.69) is 20.4 Å². The smallest absolute Gasteiger partial charge is 0.350 e. The van der Waals surface area contributed by atoms with Crippen molar-refractivity contribution in [1.82, 2.24) is 24.3 Å². The van der Waals surface area contributed by atoms with E-state index in [1.54, 1.807) is 18.4 Å². The van der Waals surface area contributed by atoms with Crippen LogP contribution in [0.4, 0.5) is 10.1 Å². The number of carbonyl (C=O) groups is 1. The maximum Gasteiger partial charge on any atom is 0.350 e. The number of fused-ring (bicyclic) bond motifs is 1. The van der Waals surface area contributed by atoms with Gasteiger partial charge in [-0.1, -0.05) is 19.3 Å². The lowest BCUT2D eigenvalue weighted by Gasteiger charge is -2.22. The van der Waals surface area contributed by atoms with E-state index < -0.39 is 11.7 Å². The Kier molecular flexibility index (Phi) is 6.84. The molecule has 0 bridgehead atoms. The summed E-state index contributed by atoms with van der Waals surface area (Å²) >= 11 is 0. The summed E-state index contributed by atoms with van der Waals surface area (Å²) in [6.45, 7) is 4.52. The minimum Gasteiger partial charge on any atom is -0.492 e. The number of halogens is 1. The van der Waals surface area contributed by atoms with E-state index in [1.165, 1.54) is 18.8 Å². The van der Waals surface area contributed by atoms with Crippen LogP contribution < -0.4 is 15.7 Å². The molecule has 0 atom stereocenters. The van der Waals surface area contributed by atoms with Crippen LogP contribution >= 0.6 is 0 Å². The van der Waals surface area contributed by atoms with Crippen LogP contribution in [0.3, 0.4) is 0 Å². The predicted molar refractivity (Wildman–Crippen MR) is 132 cm³/mol. The van der Waals surface area contributed by atoms with Gasteiger partial charge in [-0.25, -0.2) is 19.2 Å². The van der Waals surface area contributed by atoms with Gasteiger partial charge >= 0.3 is 5.69 Å². The standard InChI is InChI=1S/C26H31FN6O3/c1-16-24(17(2)29-15-28-16)30-25(34)19-12-20(27)21(13-22(19)36-14-18-8-4-3-5-9-18)33-26(35)32-11-7-6-10-23(32)31-33/h12-13,15,18H,3-11,14H2,1-2H3,(H,30,34). The first-order valence-electron chi connectivity index (χ1n) is 12.7. The largest absolute Gasteiger partial charge is 0.492 e. The van der Waals surface area contributed by atoms with E-state index in [9.17, 15) is 9.59 Å². The summed E-state index contributed by atoms with van der Waals surface area (Å²) in [5.74, 6) is -0.0125. The van der Waals surface area contributed by atoms with Crippen LogP contribution in [0.25, 0.3) is 5.69 Å². The van der Waals surface area contributed by atoms with Crippen LogP contribution in [0, 0.1) is 25.6 Å². The lowest BCUT2D eigenvalue weighted by Crippen LogP contribution is -2.27. The minimum atomic E-state index is -0.722. The maximum absolute atomic E-state index is 15.4. The Morgan fingerprint density at radius 1 is 1.11 bits per heavy atom. The fraction of sp³-hybridized carbons (Fsp3) is 0.500. The Bertz CT molecular complexity index is 1320. The summed E-state index contributed by atoms with van der Waals surface area (Å²) in [5, 5.41) is 7.20. The molecule has 0 unspecified atom stereocenters. The highest BCUT2D eigenvalue weighted by molar-refractivity contribution is 6.06. The minimum absolute atomic E-state index is 0.0208. The molecule has 1 saturated carbocycles. The van der Waals surface area contributed by atoms with Gasteiger partial charge in [0, 0.05) is 19.0 Å². The lowest BCUT2D eigenvalue weighted by molar-refractivity contribution is 0.102. The van der Waals surface area contributed by atoms with Crippen LogP contribution in [0.15, 0.2) is 23.3 Å². The van der Waals surface area contributed by atoms with Crippen molar-refractivity contribution in [2.45, 2.75) is 71.8 Å². The van der Waals surface area contributed by atoms with Crippen molar-refractivity contribution in [3.8, 4) is 11.4 Å². The van der Waals surface area contributed by atoms with Crippen molar-refractivity contribution in [2.75, 3.05) is 11.9 Å². The van der Waals surface area contributed by atoms with Gasteiger partial charge in [-0.15, -0.1) is 5.10 Å². The van der Waals surface area contributed by atoms with Gasteiger partial charge in [0.1, 0.15) is 29.4 Å². The number of nitrogens with zero attached hydrogens (tertiary/aromatic N) is 5. The number of amides is 1. The van der Waals surface area contributed by atoms with Gasteiger partial charge in [-0.3, -0.25) is 9.36 Å².